The molecule has 2 aliphatic rings. The number of nitrogens with zero attached hydrogens (tertiary/aromatic N) is 1. The predicted octanol–water partition coefficient (Wildman–Crippen LogP) is 2.76. The number of fused-ring (bicyclic) bond motifs is 1. The van der Waals surface area contributed by atoms with Gasteiger partial charge in [-0.2, -0.15) is 0 Å². The van der Waals surface area contributed by atoms with Crippen LogP contribution in [-0.2, 0) is 9.59 Å². The molecule has 150 valence electrons. The molecule has 2 amide bonds. The largest absolute Gasteiger partial charge is 0.484 e. The van der Waals surface area contributed by atoms with Crippen LogP contribution in [0.4, 0.5) is 11.4 Å². The number of carbonyl (C=O) groups is 3. The number of ether oxygens (including phenoxy) is 3. The maximum Gasteiger partial charge on any atom is 0.262 e. The number of anilines is 2. The SMILES string of the molecule is CC(=O)c1cc2c(cc1NC(=O)COc1ccc(N3CCCC3=O)cc1)OCO2. The third-order valence-corrected chi connectivity index (χ3v) is 4.76. The maximum atomic E-state index is 12.3. The zero-order valence-electron chi connectivity index (χ0n) is 15.9. The number of benzene rings is 2. The van der Waals surface area contributed by atoms with E-state index in [1.54, 1.807) is 41.3 Å². The van der Waals surface area contributed by atoms with Crippen LogP contribution in [0.3, 0.4) is 0 Å². The first kappa shape index (κ1) is 18.8. The van der Waals surface area contributed by atoms with Gasteiger partial charge in [-0.05, 0) is 43.7 Å². The first-order valence-electron chi connectivity index (χ1n) is 9.29. The molecule has 1 saturated heterocycles. The van der Waals surface area contributed by atoms with Gasteiger partial charge >= 0.3 is 0 Å². The number of carbonyl (C=O) groups excluding carboxylic acids is 3. The summed E-state index contributed by atoms with van der Waals surface area (Å²) in [5.41, 5.74) is 1.50. The van der Waals surface area contributed by atoms with Crippen molar-refractivity contribution in [3.8, 4) is 17.2 Å². The fourth-order valence-corrected chi connectivity index (χ4v) is 3.32. The van der Waals surface area contributed by atoms with Gasteiger partial charge in [0.15, 0.2) is 23.9 Å². The monoisotopic (exact) mass is 396 g/mol. The molecule has 0 aromatic heterocycles. The number of ketones is 1. The topological polar surface area (TPSA) is 94.2 Å². The minimum absolute atomic E-state index is 0.0756. The van der Waals surface area contributed by atoms with Crippen molar-refractivity contribution in [3.05, 3.63) is 42.0 Å². The molecule has 8 heteroatoms. The Bertz CT molecular complexity index is 970. The van der Waals surface area contributed by atoms with Crippen molar-refractivity contribution in [2.75, 3.05) is 30.2 Å². The van der Waals surface area contributed by atoms with E-state index in [1.165, 1.54) is 6.92 Å². The highest BCUT2D eigenvalue weighted by atomic mass is 16.7. The van der Waals surface area contributed by atoms with Crippen molar-refractivity contribution in [3.63, 3.8) is 0 Å². The summed E-state index contributed by atoms with van der Waals surface area (Å²) in [6.45, 7) is 1.98. The van der Waals surface area contributed by atoms with E-state index in [-0.39, 0.29) is 25.1 Å². The van der Waals surface area contributed by atoms with E-state index in [2.05, 4.69) is 5.32 Å². The second-order valence-corrected chi connectivity index (χ2v) is 6.79. The second-order valence-electron chi connectivity index (χ2n) is 6.79. The molecular formula is C21H20N2O6. The fraction of sp³-hybridized carbons (Fsp3) is 0.286. The van der Waals surface area contributed by atoms with Gasteiger partial charge in [-0.3, -0.25) is 14.4 Å². The molecular weight excluding hydrogens is 376 g/mol. The van der Waals surface area contributed by atoms with Gasteiger partial charge in [0.2, 0.25) is 12.7 Å². The lowest BCUT2D eigenvalue weighted by atomic mass is 10.1. The van der Waals surface area contributed by atoms with Gasteiger partial charge < -0.3 is 24.4 Å². The highest BCUT2D eigenvalue weighted by Gasteiger charge is 2.22. The Labute approximate surface area is 167 Å². The lowest BCUT2D eigenvalue weighted by Gasteiger charge is -2.16. The Hall–Kier alpha value is -3.55. The highest BCUT2D eigenvalue weighted by molar-refractivity contribution is 6.05. The number of rotatable bonds is 6. The molecule has 1 N–H and O–H groups in total. The summed E-state index contributed by atoms with van der Waals surface area (Å²) in [6, 6.07) is 10.1. The molecule has 0 bridgehead atoms. The first-order valence-corrected chi connectivity index (χ1v) is 9.29. The summed E-state index contributed by atoms with van der Waals surface area (Å²) >= 11 is 0. The Balaban J connectivity index is 1.38. The van der Waals surface area contributed by atoms with E-state index >= 15 is 0 Å². The summed E-state index contributed by atoms with van der Waals surface area (Å²) in [4.78, 5) is 37.7. The molecule has 0 unspecified atom stereocenters. The van der Waals surface area contributed by atoms with E-state index in [4.69, 9.17) is 14.2 Å². The highest BCUT2D eigenvalue weighted by Crippen LogP contribution is 2.37. The van der Waals surface area contributed by atoms with Crippen LogP contribution in [0, 0.1) is 0 Å². The van der Waals surface area contributed by atoms with Gasteiger partial charge in [0.25, 0.3) is 5.91 Å². The molecule has 0 saturated carbocycles. The van der Waals surface area contributed by atoms with Crippen LogP contribution in [0.1, 0.15) is 30.1 Å². The number of hydrogen-bond donors (Lipinski definition) is 1. The molecule has 0 atom stereocenters. The molecule has 2 aromatic carbocycles. The van der Waals surface area contributed by atoms with Crippen LogP contribution in [0.5, 0.6) is 17.2 Å². The average Bonchev–Trinajstić information content (AvgIpc) is 3.34. The van der Waals surface area contributed by atoms with Crippen LogP contribution < -0.4 is 24.4 Å². The summed E-state index contributed by atoms with van der Waals surface area (Å²) in [6.07, 6.45) is 1.43. The molecule has 4 rings (SSSR count). The Morgan fingerprint density at radius 2 is 1.86 bits per heavy atom. The molecule has 0 spiro atoms. The van der Waals surface area contributed by atoms with Gasteiger partial charge in [0, 0.05) is 30.3 Å². The third kappa shape index (κ3) is 4.01. The number of hydrogen-bond acceptors (Lipinski definition) is 6. The quantitative estimate of drug-likeness (QED) is 0.755. The Morgan fingerprint density at radius 3 is 2.52 bits per heavy atom. The Morgan fingerprint density at radius 1 is 1.14 bits per heavy atom. The molecule has 2 heterocycles. The molecule has 29 heavy (non-hydrogen) atoms. The van der Waals surface area contributed by atoms with Crippen LogP contribution in [0.25, 0.3) is 0 Å². The van der Waals surface area contributed by atoms with E-state index in [9.17, 15) is 14.4 Å². The van der Waals surface area contributed by atoms with Crippen LogP contribution >= 0.6 is 0 Å². The predicted molar refractivity (Wildman–Crippen MR) is 105 cm³/mol. The molecule has 0 radical (unpaired) electrons. The maximum absolute atomic E-state index is 12.3. The zero-order valence-corrected chi connectivity index (χ0v) is 15.9. The standard InChI is InChI=1S/C21H20N2O6/c1-13(24)16-9-18-19(29-12-28-18)10-17(16)22-20(25)11-27-15-6-4-14(5-7-15)23-8-2-3-21(23)26/h4-7,9-10H,2-3,8,11-12H2,1H3,(H,22,25). The molecule has 2 aromatic rings. The van der Waals surface area contributed by atoms with Gasteiger partial charge in [-0.1, -0.05) is 0 Å². The number of Topliss-reactive ketones (excluding diaryl/α,β-unsaturated/α-hetero) is 1. The first-order chi connectivity index (χ1) is 14.0. The number of nitrogens with one attached hydrogen (secondary N) is 1. The lowest BCUT2D eigenvalue weighted by Crippen LogP contribution is -2.23. The van der Waals surface area contributed by atoms with Crippen LogP contribution in [-0.4, -0.2) is 37.5 Å². The average molecular weight is 396 g/mol. The normalized spacial score (nSPS) is 14.8. The minimum Gasteiger partial charge on any atom is -0.484 e. The second kappa shape index (κ2) is 7.83. The van der Waals surface area contributed by atoms with E-state index < -0.39 is 5.91 Å². The van der Waals surface area contributed by atoms with E-state index in [0.29, 0.717) is 34.9 Å². The third-order valence-electron chi connectivity index (χ3n) is 4.76. The fourth-order valence-electron chi connectivity index (χ4n) is 3.32. The summed E-state index contributed by atoms with van der Waals surface area (Å²) in [7, 11) is 0. The van der Waals surface area contributed by atoms with Crippen molar-refractivity contribution in [2.24, 2.45) is 0 Å². The lowest BCUT2D eigenvalue weighted by molar-refractivity contribution is -0.118. The molecule has 2 aliphatic heterocycles. The molecule has 0 aliphatic carbocycles. The van der Waals surface area contributed by atoms with Crippen LogP contribution in [0.2, 0.25) is 0 Å². The minimum atomic E-state index is -0.412. The van der Waals surface area contributed by atoms with E-state index in [0.717, 1.165) is 18.7 Å². The number of amides is 2. The zero-order chi connectivity index (χ0) is 20.4. The Kier molecular flexibility index (Phi) is 5.07. The van der Waals surface area contributed by atoms with E-state index in [1.807, 2.05) is 0 Å². The molecule has 1 fully saturated rings. The summed E-state index contributed by atoms with van der Waals surface area (Å²) in [5.74, 6) is 0.951. The smallest absolute Gasteiger partial charge is 0.262 e. The van der Waals surface area contributed by atoms with Gasteiger partial charge in [-0.15, -0.1) is 0 Å². The van der Waals surface area contributed by atoms with Crippen molar-refractivity contribution in [2.45, 2.75) is 19.8 Å². The van der Waals surface area contributed by atoms with Crippen molar-refractivity contribution >= 4 is 29.0 Å². The van der Waals surface area contributed by atoms with Gasteiger partial charge in [0.1, 0.15) is 5.75 Å². The van der Waals surface area contributed by atoms with Gasteiger partial charge in [-0.25, -0.2) is 0 Å². The molecule has 8 nitrogen and oxygen atoms in total. The van der Waals surface area contributed by atoms with Crippen molar-refractivity contribution < 1.29 is 28.6 Å². The van der Waals surface area contributed by atoms with Crippen molar-refractivity contribution in [1.29, 1.82) is 0 Å². The van der Waals surface area contributed by atoms with Crippen molar-refractivity contribution in [1.82, 2.24) is 0 Å². The summed E-state index contributed by atoms with van der Waals surface area (Å²) < 4.78 is 16.1. The van der Waals surface area contributed by atoms with Gasteiger partial charge in [0.05, 0.1) is 5.69 Å². The summed E-state index contributed by atoms with van der Waals surface area (Å²) in [5, 5.41) is 2.68. The van der Waals surface area contributed by atoms with Crippen LogP contribution in [0.15, 0.2) is 36.4 Å².